The van der Waals surface area contributed by atoms with Crippen LogP contribution in [0.1, 0.15) is 33.9 Å². The van der Waals surface area contributed by atoms with E-state index in [-0.39, 0.29) is 6.04 Å². The van der Waals surface area contributed by atoms with Crippen LogP contribution in [0.4, 0.5) is 0 Å². The van der Waals surface area contributed by atoms with E-state index in [9.17, 15) is 0 Å². The molecule has 54 heavy (non-hydrogen) atoms. The molecule has 0 radical (unpaired) electrons. The highest BCUT2D eigenvalue weighted by molar-refractivity contribution is 6.15. The molecule has 4 heteroatoms. The summed E-state index contributed by atoms with van der Waals surface area (Å²) in [7, 11) is 0. The van der Waals surface area contributed by atoms with Crippen molar-refractivity contribution in [3.8, 4) is 44.6 Å². The molecule has 0 saturated carbocycles. The second-order valence-electron chi connectivity index (χ2n) is 14.0. The number of nitrogens with one attached hydrogen (secondary N) is 1. The van der Waals surface area contributed by atoms with Crippen LogP contribution >= 0.6 is 0 Å². The maximum absolute atomic E-state index is 5.45. The minimum absolute atomic E-state index is 0.166. The second kappa shape index (κ2) is 13.6. The summed E-state index contributed by atoms with van der Waals surface area (Å²) in [5, 5.41) is 4.82. The Kier molecular flexibility index (Phi) is 7.99. The summed E-state index contributed by atoms with van der Waals surface area (Å²) >= 11 is 0. The molecule has 0 spiro atoms. The summed E-state index contributed by atoms with van der Waals surface area (Å²) in [6, 6.07) is 64.2. The molecule has 1 aromatic heterocycles. The van der Waals surface area contributed by atoms with Gasteiger partial charge in [0.05, 0.1) is 23.8 Å². The zero-order chi connectivity index (χ0) is 35.8. The third-order valence-corrected chi connectivity index (χ3v) is 10.7. The fraction of sp³-hybridized carbons (Fsp3) is 0.0600. The Morgan fingerprint density at radius 3 is 2.02 bits per heavy atom. The molecular formula is C50H36N4. The van der Waals surface area contributed by atoms with Crippen molar-refractivity contribution in [2.75, 3.05) is 6.54 Å². The Hall–Kier alpha value is -6.91. The highest BCUT2D eigenvalue weighted by Gasteiger charge is 2.28. The number of fused-ring (bicyclic) bond motifs is 4. The average molecular weight is 693 g/mol. The summed E-state index contributed by atoms with van der Waals surface area (Å²) < 4.78 is 0. The van der Waals surface area contributed by atoms with Crippen molar-refractivity contribution in [1.82, 2.24) is 10.3 Å². The Balaban J connectivity index is 1.01. The summed E-state index contributed by atoms with van der Waals surface area (Å²) in [6.07, 6.45) is 0.879. The predicted octanol–water partition coefficient (Wildman–Crippen LogP) is 11.3. The molecule has 0 saturated heterocycles. The van der Waals surface area contributed by atoms with E-state index in [1.165, 1.54) is 44.5 Å². The molecule has 2 heterocycles. The van der Waals surface area contributed by atoms with E-state index < -0.39 is 0 Å². The second-order valence-corrected chi connectivity index (χ2v) is 14.0. The van der Waals surface area contributed by atoms with E-state index in [2.05, 4.69) is 175 Å². The van der Waals surface area contributed by atoms with Crippen molar-refractivity contribution in [1.29, 1.82) is 0 Å². The van der Waals surface area contributed by atoms with Crippen molar-refractivity contribution in [2.45, 2.75) is 12.5 Å². The Bertz CT molecular complexity index is 2730. The number of rotatable bonds is 6. The molecular weight excluding hydrogens is 657 g/mol. The van der Waals surface area contributed by atoms with Gasteiger partial charge in [-0.1, -0.05) is 164 Å². The lowest BCUT2D eigenvalue weighted by molar-refractivity contribution is 0.747. The normalized spacial score (nSPS) is 14.7. The molecule has 256 valence electrons. The van der Waals surface area contributed by atoms with Gasteiger partial charge in [-0.05, 0) is 74.7 Å². The van der Waals surface area contributed by atoms with Gasteiger partial charge in [0, 0.05) is 22.1 Å². The minimum atomic E-state index is -0.166. The molecule has 1 atom stereocenters. The van der Waals surface area contributed by atoms with Crippen molar-refractivity contribution in [3.63, 3.8) is 0 Å². The monoisotopic (exact) mass is 692 g/mol. The fourth-order valence-electron chi connectivity index (χ4n) is 8.00. The van der Waals surface area contributed by atoms with E-state index in [0.717, 1.165) is 56.9 Å². The third kappa shape index (κ3) is 5.88. The van der Waals surface area contributed by atoms with Gasteiger partial charge in [0.15, 0.2) is 0 Å². The van der Waals surface area contributed by atoms with E-state index in [4.69, 9.17) is 15.0 Å². The largest absolute Gasteiger partial charge is 0.325 e. The molecule has 0 fully saturated rings. The van der Waals surface area contributed by atoms with E-state index in [0.29, 0.717) is 6.54 Å². The lowest BCUT2D eigenvalue weighted by atomic mass is 9.92. The van der Waals surface area contributed by atoms with Gasteiger partial charge >= 0.3 is 0 Å². The van der Waals surface area contributed by atoms with Crippen LogP contribution in [0.3, 0.4) is 0 Å². The molecule has 1 aliphatic carbocycles. The number of hydrogen-bond donors (Lipinski definition) is 1. The fourth-order valence-corrected chi connectivity index (χ4v) is 8.00. The summed E-state index contributed by atoms with van der Waals surface area (Å²) in [6.45, 7) is 0.532. The van der Waals surface area contributed by atoms with Crippen LogP contribution in [-0.2, 0) is 6.42 Å². The Labute approximate surface area is 315 Å². The highest BCUT2D eigenvalue weighted by atomic mass is 15.1. The lowest BCUT2D eigenvalue weighted by Crippen LogP contribution is -2.31. The van der Waals surface area contributed by atoms with Gasteiger partial charge in [0.2, 0.25) is 0 Å². The molecule has 0 amide bonds. The van der Waals surface area contributed by atoms with E-state index >= 15 is 0 Å². The predicted molar refractivity (Wildman–Crippen MR) is 223 cm³/mol. The molecule has 4 nitrogen and oxygen atoms in total. The van der Waals surface area contributed by atoms with Crippen LogP contribution < -0.4 is 5.32 Å². The first-order chi connectivity index (χ1) is 26.7. The average Bonchev–Trinajstić information content (AvgIpc) is 3.49. The first-order valence-electron chi connectivity index (χ1n) is 18.6. The number of para-hydroxylation sites is 1. The molecule has 8 aromatic rings. The Morgan fingerprint density at radius 1 is 0.481 bits per heavy atom. The molecule has 1 N–H and O–H groups in total. The van der Waals surface area contributed by atoms with Crippen LogP contribution in [0.2, 0.25) is 0 Å². The smallest absolute Gasteiger partial charge is 0.134 e. The zero-order valence-electron chi connectivity index (χ0n) is 29.7. The van der Waals surface area contributed by atoms with E-state index in [1.807, 2.05) is 12.1 Å². The maximum atomic E-state index is 5.45. The first-order valence-corrected chi connectivity index (χ1v) is 18.6. The SMILES string of the molecule is c1ccc(C2=NC(c3cccc4c3-c3cccc(-c5ccc(-c6ccc7ccccc7n6)cc5)c3C4)CN=C(c3cccc(-c4ccccc4)c3)N2)cc1. The van der Waals surface area contributed by atoms with Gasteiger partial charge in [0.1, 0.15) is 11.7 Å². The number of pyridine rings is 1. The molecule has 1 unspecified atom stereocenters. The zero-order valence-corrected chi connectivity index (χ0v) is 29.7. The van der Waals surface area contributed by atoms with Crippen molar-refractivity contribution in [3.05, 3.63) is 210 Å². The molecule has 10 rings (SSSR count). The molecule has 2 aliphatic rings. The number of aromatic nitrogens is 1. The molecule has 7 aromatic carbocycles. The maximum Gasteiger partial charge on any atom is 0.134 e. The standard InChI is InChI=1S/C50H36N4/c1-3-12-33(13-4-1)38-17-9-19-40(30-38)49-51-32-47(53-50(54-49)37-15-5-2-6-16-37)43-22-10-18-39-31-44-41(20-11-21-42(44)48(39)43)34-24-26-36(27-25-34)46-29-28-35-14-7-8-23-45(35)52-46/h1-30,47H,31-32H2,(H,51,53,54). The summed E-state index contributed by atoms with van der Waals surface area (Å²) in [4.78, 5) is 15.6. The van der Waals surface area contributed by atoms with Crippen molar-refractivity contribution >= 4 is 22.6 Å². The van der Waals surface area contributed by atoms with Crippen molar-refractivity contribution in [2.24, 2.45) is 9.98 Å². The number of hydrogen-bond acceptors (Lipinski definition) is 4. The van der Waals surface area contributed by atoms with Crippen LogP contribution in [0.25, 0.3) is 55.5 Å². The van der Waals surface area contributed by atoms with Gasteiger partial charge in [0.25, 0.3) is 0 Å². The number of amidine groups is 2. The molecule has 0 bridgehead atoms. The lowest BCUT2D eigenvalue weighted by Gasteiger charge is -2.17. The summed E-state index contributed by atoms with van der Waals surface area (Å²) in [5.41, 5.74) is 16.5. The topological polar surface area (TPSA) is 49.6 Å². The first kappa shape index (κ1) is 31.8. The van der Waals surface area contributed by atoms with Gasteiger partial charge in [-0.15, -0.1) is 0 Å². The Morgan fingerprint density at radius 2 is 1.17 bits per heavy atom. The van der Waals surface area contributed by atoms with Crippen molar-refractivity contribution < 1.29 is 0 Å². The minimum Gasteiger partial charge on any atom is -0.325 e. The van der Waals surface area contributed by atoms with Gasteiger partial charge in [-0.2, -0.15) is 0 Å². The molecule has 1 aliphatic heterocycles. The highest BCUT2D eigenvalue weighted by Crippen LogP contribution is 2.45. The third-order valence-electron chi connectivity index (χ3n) is 10.7. The van der Waals surface area contributed by atoms with Gasteiger partial charge in [-0.3, -0.25) is 9.98 Å². The van der Waals surface area contributed by atoms with Crippen LogP contribution in [-0.4, -0.2) is 23.2 Å². The van der Waals surface area contributed by atoms with Gasteiger partial charge < -0.3 is 5.32 Å². The van der Waals surface area contributed by atoms with Crippen LogP contribution in [0.15, 0.2) is 192 Å². The van der Waals surface area contributed by atoms with Gasteiger partial charge in [-0.25, -0.2) is 4.98 Å². The van der Waals surface area contributed by atoms with Crippen LogP contribution in [0.5, 0.6) is 0 Å². The van der Waals surface area contributed by atoms with Crippen LogP contribution in [0, 0.1) is 0 Å². The van der Waals surface area contributed by atoms with E-state index in [1.54, 1.807) is 0 Å². The number of nitrogens with zero attached hydrogens (tertiary/aromatic N) is 3. The number of benzene rings is 7. The summed E-state index contributed by atoms with van der Waals surface area (Å²) in [5.74, 6) is 1.66. The number of aliphatic imine (C=N–C) groups is 2. The quantitative estimate of drug-likeness (QED) is 0.189.